The van der Waals surface area contributed by atoms with Crippen LogP contribution in [0.4, 0.5) is 0 Å². The second-order valence-corrected chi connectivity index (χ2v) is 2.42. The van der Waals surface area contributed by atoms with Crippen LogP contribution in [0.15, 0.2) is 0 Å². The number of ether oxygens (including phenoxy) is 1. The first-order valence-corrected chi connectivity index (χ1v) is 3.01. The van der Waals surface area contributed by atoms with Gasteiger partial charge in [-0.05, 0) is 13.8 Å². The van der Waals surface area contributed by atoms with E-state index in [1.165, 1.54) is 0 Å². The lowest BCUT2D eigenvalue weighted by atomic mass is 10.1. The van der Waals surface area contributed by atoms with Crippen LogP contribution in [0.25, 0.3) is 0 Å². The van der Waals surface area contributed by atoms with Crippen LogP contribution in [-0.2, 0) is 9.53 Å². The second-order valence-electron chi connectivity index (χ2n) is 2.42. The van der Waals surface area contributed by atoms with Gasteiger partial charge in [-0.25, -0.2) is 0 Å². The molecule has 0 unspecified atom stereocenters. The molecule has 0 radical (unpaired) electrons. The van der Waals surface area contributed by atoms with Crippen LogP contribution in [0.2, 0.25) is 0 Å². The van der Waals surface area contributed by atoms with Crippen molar-refractivity contribution >= 4 is 5.97 Å². The maximum Gasteiger partial charge on any atom is 0.311 e. The molecule has 3 heteroatoms. The van der Waals surface area contributed by atoms with Gasteiger partial charge in [0.05, 0.1) is 5.92 Å². The molecule has 1 rings (SSSR count). The molecular formula is C6H10O3. The van der Waals surface area contributed by atoms with Crippen LogP contribution in [0.3, 0.4) is 0 Å². The van der Waals surface area contributed by atoms with Gasteiger partial charge in [0.25, 0.3) is 0 Å². The van der Waals surface area contributed by atoms with Gasteiger partial charge in [-0.2, -0.15) is 0 Å². The maximum atomic E-state index is 10.6. The van der Waals surface area contributed by atoms with Gasteiger partial charge in [0.2, 0.25) is 0 Å². The van der Waals surface area contributed by atoms with E-state index in [0.29, 0.717) is 0 Å². The largest absolute Gasteiger partial charge is 0.460 e. The summed E-state index contributed by atoms with van der Waals surface area (Å²) in [5.74, 6) is -0.644. The van der Waals surface area contributed by atoms with Crippen LogP contribution in [0.1, 0.15) is 13.8 Å². The Balaban J connectivity index is 2.65. The van der Waals surface area contributed by atoms with Crippen molar-refractivity contribution in [3.63, 3.8) is 0 Å². The molecule has 3 atom stereocenters. The first-order valence-electron chi connectivity index (χ1n) is 3.01. The summed E-state index contributed by atoms with van der Waals surface area (Å²) in [4.78, 5) is 10.6. The van der Waals surface area contributed by atoms with Gasteiger partial charge in [-0.3, -0.25) is 4.79 Å². The number of hydrogen-bond donors (Lipinski definition) is 1. The van der Waals surface area contributed by atoms with E-state index in [0.717, 1.165) is 0 Å². The fourth-order valence-electron chi connectivity index (χ4n) is 0.906. The van der Waals surface area contributed by atoms with Crippen molar-refractivity contribution < 1.29 is 14.6 Å². The Hall–Kier alpha value is -0.570. The van der Waals surface area contributed by atoms with E-state index in [1.54, 1.807) is 13.8 Å². The summed E-state index contributed by atoms with van der Waals surface area (Å²) < 4.78 is 4.70. The molecule has 0 bridgehead atoms. The maximum absolute atomic E-state index is 10.6. The first kappa shape index (κ1) is 6.55. The van der Waals surface area contributed by atoms with Crippen molar-refractivity contribution in [1.82, 2.24) is 0 Å². The molecule has 0 aliphatic carbocycles. The molecule has 0 aromatic heterocycles. The Labute approximate surface area is 53.6 Å². The van der Waals surface area contributed by atoms with Crippen LogP contribution in [0.5, 0.6) is 0 Å². The van der Waals surface area contributed by atoms with E-state index in [2.05, 4.69) is 0 Å². The van der Waals surface area contributed by atoms with E-state index in [4.69, 9.17) is 9.84 Å². The molecule has 1 fully saturated rings. The third kappa shape index (κ3) is 0.920. The number of esters is 1. The molecule has 0 aromatic carbocycles. The van der Waals surface area contributed by atoms with E-state index in [1.807, 2.05) is 0 Å². The van der Waals surface area contributed by atoms with E-state index in [9.17, 15) is 4.79 Å². The monoisotopic (exact) mass is 130 g/mol. The lowest BCUT2D eigenvalue weighted by Crippen LogP contribution is -2.22. The van der Waals surface area contributed by atoms with Gasteiger partial charge in [0.1, 0.15) is 12.2 Å². The quantitative estimate of drug-likeness (QED) is 0.467. The fourth-order valence-corrected chi connectivity index (χ4v) is 0.906. The van der Waals surface area contributed by atoms with E-state index >= 15 is 0 Å². The van der Waals surface area contributed by atoms with Gasteiger partial charge < -0.3 is 9.84 Å². The zero-order valence-electron chi connectivity index (χ0n) is 5.50. The molecule has 0 spiro atoms. The molecule has 1 aliphatic heterocycles. The van der Waals surface area contributed by atoms with Gasteiger partial charge in [0, 0.05) is 0 Å². The standard InChI is InChI=1S/C6H10O3/c1-3-5(7)4(2)9-6(3)8/h3-5,7H,1-2H3/t3-,4-,5+/m0/s1. The lowest BCUT2D eigenvalue weighted by Gasteiger charge is -2.05. The highest BCUT2D eigenvalue weighted by molar-refractivity contribution is 5.75. The Morgan fingerprint density at radius 2 is 2.11 bits per heavy atom. The summed E-state index contributed by atoms with van der Waals surface area (Å²) in [6.45, 7) is 3.35. The molecule has 3 nitrogen and oxygen atoms in total. The van der Waals surface area contributed by atoms with Gasteiger partial charge >= 0.3 is 5.97 Å². The summed E-state index contributed by atoms with van der Waals surface area (Å²) in [6, 6.07) is 0. The smallest absolute Gasteiger partial charge is 0.311 e. The fraction of sp³-hybridized carbons (Fsp3) is 0.833. The highest BCUT2D eigenvalue weighted by Crippen LogP contribution is 2.20. The Morgan fingerprint density at radius 3 is 2.22 bits per heavy atom. The minimum atomic E-state index is -0.613. The number of carbonyl (C=O) groups is 1. The number of rotatable bonds is 0. The van der Waals surface area contributed by atoms with Crippen molar-refractivity contribution in [2.24, 2.45) is 5.92 Å². The van der Waals surface area contributed by atoms with Crippen molar-refractivity contribution in [3.8, 4) is 0 Å². The summed E-state index contributed by atoms with van der Waals surface area (Å²) in [5, 5.41) is 9.09. The highest BCUT2D eigenvalue weighted by Gasteiger charge is 2.37. The third-order valence-electron chi connectivity index (χ3n) is 1.67. The minimum absolute atomic E-state index is 0.296. The molecule has 1 heterocycles. The van der Waals surface area contributed by atoms with Crippen LogP contribution in [0, 0.1) is 5.92 Å². The number of aliphatic hydroxyl groups excluding tert-OH is 1. The molecular weight excluding hydrogens is 120 g/mol. The SMILES string of the molecule is C[C@@H]1OC(=O)[C@@H](C)[C@H]1O. The summed E-state index contributed by atoms with van der Waals surface area (Å²) >= 11 is 0. The van der Waals surface area contributed by atoms with Gasteiger partial charge in [-0.15, -0.1) is 0 Å². The third-order valence-corrected chi connectivity index (χ3v) is 1.67. The first-order chi connectivity index (χ1) is 4.13. The predicted molar refractivity (Wildman–Crippen MR) is 30.7 cm³/mol. The topological polar surface area (TPSA) is 46.5 Å². The second kappa shape index (κ2) is 1.99. The Bertz CT molecular complexity index is 132. The summed E-state index contributed by atoms with van der Waals surface area (Å²) in [7, 11) is 0. The van der Waals surface area contributed by atoms with E-state index in [-0.39, 0.29) is 18.0 Å². The number of aliphatic hydroxyl groups is 1. The van der Waals surface area contributed by atoms with Crippen molar-refractivity contribution in [2.45, 2.75) is 26.1 Å². The van der Waals surface area contributed by atoms with Crippen LogP contribution >= 0.6 is 0 Å². The lowest BCUT2D eigenvalue weighted by molar-refractivity contribution is -0.143. The molecule has 1 aliphatic rings. The molecule has 9 heavy (non-hydrogen) atoms. The van der Waals surface area contributed by atoms with Crippen LogP contribution in [-0.4, -0.2) is 23.3 Å². The van der Waals surface area contributed by atoms with Crippen molar-refractivity contribution in [3.05, 3.63) is 0 Å². The minimum Gasteiger partial charge on any atom is -0.460 e. The number of hydrogen-bond acceptors (Lipinski definition) is 3. The van der Waals surface area contributed by atoms with Gasteiger partial charge in [-0.1, -0.05) is 0 Å². The summed E-state index contributed by atoms with van der Waals surface area (Å²) in [6.07, 6.45) is -0.940. The molecule has 0 amide bonds. The zero-order valence-corrected chi connectivity index (χ0v) is 5.50. The normalized spacial score (nSPS) is 43.0. The molecule has 1 N–H and O–H groups in total. The molecule has 0 saturated carbocycles. The highest BCUT2D eigenvalue weighted by atomic mass is 16.6. The van der Waals surface area contributed by atoms with Crippen molar-refractivity contribution in [2.75, 3.05) is 0 Å². The summed E-state index contributed by atoms with van der Waals surface area (Å²) in [5.41, 5.74) is 0. The predicted octanol–water partition coefficient (Wildman–Crippen LogP) is -0.0713. The zero-order chi connectivity index (χ0) is 7.02. The number of carbonyl (C=O) groups excluding carboxylic acids is 1. The van der Waals surface area contributed by atoms with Crippen molar-refractivity contribution in [1.29, 1.82) is 0 Å². The van der Waals surface area contributed by atoms with Crippen LogP contribution < -0.4 is 0 Å². The number of cyclic esters (lactones) is 1. The molecule has 52 valence electrons. The average molecular weight is 130 g/mol. The van der Waals surface area contributed by atoms with E-state index < -0.39 is 6.10 Å². The van der Waals surface area contributed by atoms with Gasteiger partial charge in [0.15, 0.2) is 0 Å². The molecule has 1 saturated heterocycles. The Morgan fingerprint density at radius 1 is 1.56 bits per heavy atom. The average Bonchev–Trinajstić information content (AvgIpc) is 1.98. The Kier molecular flexibility index (Phi) is 1.45. The molecule has 0 aromatic rings.